The lowest BCUT2D eigenvalue weighted by molar-refractivity contribution is 0.446. The van der Waals surface area contributed by atoms with Gasteiger partial charge in [-0.2, -0.15) is 4.98 Å². The minimum absolute atomic E-state index is 0.107. The average Bonchev–Trinajstić information content (AvgIpc) is 2.32. The van der Waals surface area contributed by atoms with Crippen molar-refractivity contribution in [2.24, 2.45) is 0 Å². The number of halogens is 2. The average molecular weight is 287 g/mol. The summed E-state index contributed by atoms with van der Waals surface area (Å²) < 4.78 is 13.2. The Balaban J connectivity index is 2.71. The van der Waals surface area contributed by atoms with Crippen molar-refractivity contribution in [2.45, 2.75) is 5.16 Å². The van der Waals surface area contributed by atoms with Crippen molar-refractivity contribution in [2.75, 3.05) is 6.26 Å². The van der Waals surface area contributed by atoms with Crippen LogP contribution in [-0.2, 0) is 0 Å². The van der Waals surface area contributed by atoms with Crippen molar-refractivity contribution >= 4 is 23.4 Å². The van der Waals surface area contributed by atoms with Gasteiger partial charge in [-0.1, -0.05) is 23.4 Å². The van der Waals surface area contributed by atoms with Crippen LogP contribution >= 0.6 is 23.4 Å². The standard InChI is InChI=1S/C11H8ClFN2O2S/c1-18-11-14-9(16)8(10(17)15-11)6-4-5(13)2-3-7(6)12/h2-4H,1H3,(H2,14,15,16,17). The molecule has 0 amide bonds. The number of hydrogen-bond donors (Lipinski definition) is 2. The van der Waals surface area contributed by atoms with E-state index in [1.807, 2.05) is 0 Å². The number of aromatic amines is 1. The molecule has 0 fully saturated rings. The number of nitrogens with zero attached hydrogens (tertiary/aromatic N) is 1. The summed E-state index contributed by atoms with van der Waals surface area (Å²) >= 11 is 7.06. The summed E-state index contributed by atoms with van der Waals surface area (Å²) in [5.74, 6) is -1.03. The summed E-state index contributed by atoms with van der Waals surface area (Å²) in [6.45, 7) is 0. The maximum Gasteiger partial charge on any atom is 0.263 e. The fourth-order valence-electron chi connectivity index (χ4n) is 1.47. The zero-order valence-corrected chi connectivity index (χ0v) is 10.8. The van der Waals surface area contributed by atoms with Gasteiger partial charge in [0.25, 0.3) is 5.56 Å². The Hall–Kier alpha value is -1.53. The number of aromatic hydroxyl groups is 1. The number of rotatable bonds is 2. The van der Waals surface area contributed by atoms with Crippen LogP contribution in [0.3, 0.4) is 0 Å². The van der Waals surface area contributed by atoms with E-state index in [9.17, 15) is 14.3 Å². The fraction of sp³-hybridized carbons (Fsp3) is 0.0909. The molecule has 4 nitrogen and oxygen atoms in total. The lowest BCUT2D eigenvalue weighted by atomic mass is 10.1. The Morgan fingerprint density at radius 3 is 2.83 bits per heavy atom. The predicted octanol–water partition coefficient (Wildman–Crippen LogP) is 2.66. The largest absolute Gasteiger partial charge is 0.493 e. The molecular weight excluding hydrogens is 279 g/mol. The van der Waals surface area contributed by atoms with Gasteiger partial charge in [-0.15, -0.1) is 0 Å². The van der Waals surface area contributed by atoms with Crippen LogP contribution in [0.15, 0.2) is 28.2 Å². The Morgan fingerprint density at radius 1 is 1.50 bits per heavy atom. The Bertz CT molecular complexity index is 660. The monoisotopic (exact) mass is 286 g/mol. The number of hydrogen-bond acceptors (Lipinski definition) is 4. The van der Waals surface area contributed by atoms with Gasteiger partial charge in [0.15, 0.2) is 5.16 Å². The second-order valence-corrected chi connectivity index (χ2v) is 4.60. The van der Waals surface area contributed by atoms with Gasteiger partial charge in [-0.3, -0.25) is 4.79 Å². The third-order valence-electron chi connectivity index (χ3n) is 2.27. The van der Waals surface area contributed by atoms with E-state index >= 15 is 0 Å². The van der Waals surface area contributed by atoms with E-state index in [4.69, 9.17) is 11.6 Å². The molecule has 2 aromatic rings. The van der Waals surface area contributed by atoms with Crippen molar-refractivity contribution in [3.8, 4) is 17.0 Å². The predicted molar refractivity (Wildman–Crippen MR) is 68.7 cm³/mol. The van der Waals surface area contributed by atoms with E-state index < -0.39 is 17.3 Å². The van der Waals surface area contributed by atoms with Crippen molar-refractivity contribution in [3.05, 3.63) is 39.4 Å². The summed E-state index contributed by atoms with van der Waals surface area (Å²) in [5.41, 5.74) is -0.604. The van der Waals surface area contributed by atoms with Crippen LogP contribution in [0.4, 0.5) is 4.39 Å². The van der Waals surface area contributed by atoms with Gasteiger partial charge in [0.1, 0.15) is 11.4 Å². The molecule has 1 heterocycles. The molecule has 0 bridgehead atoms. The van der Waals surface area contributed by atoms with Crippen molar-refractivity contribution in [1.82, 2.24) is 9.97 Å². The zero-order valence-electron chi connectivity index (χ0n) is 9.20. The molecule has 0 saturated heterocycles. The number of nitrogens with one attached hydrogen (secondary N) is 1. The molecule has 0 aliphatic rings. The molecule has 1 aromatic carbocycles. The lowest BCUT2D eigenvalue weighted by Gasteiger charge is -2.06. The second-order valence-electron chi connectivity index (χ2n) is 3.40. The molecule has 0 aliphatic heterocycles. The quantitative estimate of drug-likeness (QED) is 0.658. The van der Waals surface area contributed by atoms with Crippen LogP contribution in [0.5, 0.6) is 5.88 Å². The van der Waals surface area contributed by atoms with Crippen molar-refractivity contribution < 1.29 is 9.50 Å². The van der Waals surface area contributed by atoms with Gasteiger partial charge in [0.05, 0.1) is 0 Å². The smallest absolute Gasteiger partial charge is 0.263 e. The molecule has 0 spiro atoms. The topological polar surface area (TPSA) is 66.0 Å². The summed E-state index contributed by atoms with van der Waals surface area (Å²) in [7, 11) is 0. The first-order valence-electron chi connectivity index (χ1n) is 4.85. The van der Waals surface area contributed by atoms with Gasteiger partial charge in [0.2, 0.25) is 5.88 Å². The fourth-order valence-corrected chi connectivity index (χ4v) is 2.05. The number of H-pyrrole nitrogens is 1. The van der Waals surface area contributed by atoms with E-state index in [1.54, 1.807) is 6.26 Å². The third kappa shape index (κ3) is 2.34. The van der Waals surface area contributed by atoms with Gasteiger partial charge in [0, 0.05) is 10.6 Å². The third-order valence-corrected chi connectivity index (χ3v) is 3.18. The normalized spacial score (nSPS) is 10.6. The van der Waals surface area contributed by atoms with Crippen molar-refractivity contribution in [1.29, 1.82) is 0 Å². The summed E-state index contributed by atoms with van der Waals surface area (Å²) in [6, 6.07) is 3.56. The van der Waals surface area contributed by atoms with Crippen LogP contribution < -0.4 is 5.56 Å². The molecular formula is C11H8ClFN2O2S. The van der Waals surface area contributed by atoms with Gasteiger partial charge < -0.3 is 10.1 Å². The summed E-state index contributed by atoms with van der Waals surface area (Å²) in [5, 5.41) is 10.2. The molecule has 0 radical (unpaired) electrons. The maximum absolute atomic E-state index is 13.2. The number of benzene rings is 1. The number of aromatic nitrogens is 2. The van der Waals surface area contributed by atoms with Gasteiger partial charge in [-0.05, 0) is 24.5 Å². The molecule has 7 heteroatoms. The Morgan fingerprint density at radius 2 is 2.22 bits per heavy atom. The molecule has 18 heavy (non-hydrogen) atoms. The van der Waals surface area contributed by atoms with Crippen molar-refractivity contribution in [3.63, 3.8) is 0 Å². The number of thioether (sulfide) groups is 1. The molecule has 0 aliphatic carbocycles. The van der Waals surface area contributed by atoms with E-state index in [-0.39, 0.29) is 21.3 Å². The Kier molecular flexibility index (Phi) is 3.58. The molecule has 0 saturated carbocycles. The zero-order chi connectivity index (χ0) is 13.3. The Labute approximate surface area is 111 Å². The summed E-state index contributed by atoms with van der Waals surface area (Å²) in [4.78, 5) is 18.1. The molecule has 2 rings (SSSR count). The van der Waals surface area contributed by atoms with E-state index in [0.29, 0.717) is 0 Å². The molecule has 1 aromatic heterocycles. The van der Waals surface area contributed by atoms with Gasteiger partial charge in [-0.25, -0.2) is 4.39 Å². The highest BCUT2D eigenvalue weighted by Gasteiger charge is 2.16. The molecule has 2 N–H and O–H groups in total. The first kappa shape index (κ1) is 12.9. The highest BCUT2D eigenvalue weighted by molar-refractivity contribution is 7.98. The summed E-state index contributed by atoms with van der Waals surface area (Å²) in [6.07, 6.45) is 1.70. The van der Waals surface area contributed by atoms with E-state index in [2.05, 4.69) is 9.97 Å². The van der Waals surface area contributed by atoms with E-state index in [1.165, 1.54) is 23.9 Å². The van der Waals surface area contributed by atoms with Crippen LogP contribution in [0, 0.1) is 5.82 Å². The lowest BCUT2D eigenvalue weighted by Crippen LogP contribution is -2.12. The minimum atomic E-state index is -0.570. The second kappa shape index (κ2) is 4.99. The SMILES string of the molecule is CSc1nc(O)c(-c2cc(F)ccc2Cl)c(=O)[nH]1. The highest BCUT2D eigenvalue weighted by Crippen LogP contribution is 2.31. The minimum Gasteiger partial charge on any atom is -0.493 e. The van der Waals surface area contributed by atoms with E-state index in [0.717, 1.165) is 6.07 Å². The molecule has 0 unspecified atom stereocenters. The van der Waals surface area contributed by atoms with Crippen LogP contribution in [0.25, 0.3) is 11.1 Å². The van der Waals surface area contributed by atoms with Gasteiger partial charge >= 0.3 is 0 Å². The molecule has 0 atom stereocenters. The van der Waals surface area contributed by atoms with Crippen LogP contribution in [0.1, 0.15) is 0 Å². The van der Waals surface area contributed by atoms with Crippen LogP contribution in [0.2, 0.25) is 5.02 Å². The highest BCUT2D eigenvalue weighted by atomic mass is 35.5. The first-order chi connectivity index (χ1) is 8.52. The molecule has 94 valence electrons. The van der Waals surface area contributed by atoms with Crippen LogP contribution in [-0.4, -0.2) is 21.3 Å². The maximum atomic E-state index is 13.2. The first-order valence-corrected chi connectivity index (χ1v) is 6.46.